The molecule has 1 aliphatic rings. The van der Waals surface area contributed by atoms with Crippen molar-refractivity contribution < 1.29 is 4.74 Å². The third-order valence-corrected chi connectivity index (χ3v) is 4.69. The van der Waals surface area contributed by atoms with Gasteiger partial charge in [-0.2, -0.15) is 0 Å². The molecule has 0 saturated heterocycles. The minimum atomic E-state index is 0.1000. The molecular weight excluding hydrogens is 266 g/mol. The van der Waals surface area contributed by atoms with Gasteiger partial charge in [0.25, 0.3) is 0 Å². The van der Waals surface area contributed by atoms with Gasteiger partial charge in [0, 0.05) is 4.88 Å². The van der Waals surface area contributed by atoms with Crippen LogP contribution < -0.4 is 10.1 Å². The number of anilines is 1. The summed E-state index contributed by atoms with van der Waals surface area (Å²) < 4.78 is 6.20. The van der Waals surface area contributed by atoms with Crippen molar-refractivity contribution in [2.45, 2.75) is 45.3 Å². The highest BCUT2D eigenvalue weighted by atomic mass is 32.1. The second kappa shape index (κ2) is 4.81. The predicted molar refractivity (Wildman–Crippen MR) is 85.9 cm³/mol. The van der Waals surface area contributed by atoms with Crippen LogP contribution in [0, 0.1) is 0 Å². The number of hydrogen-bond donors (Lipinski definition) is 1. The van der Waals surface area contributed by atoms with Gasteiger partial charge in [-0.05, 0) is 41.5 Å². The largest absolute Gasteiger partial charge is 0.481 e. The highest BCUT2D eigenvalue weighted by molar-refractivity contribution is 7.10. The zero-order chi connectivity index (χ0) is 14.3. The minimum absolute atomic E-state index is 0.1000. The SMILES string of the molecule is CC1Nc2cc(C(C)(C)C)ccc2OC1c1cccs1. The average Bonchev–Trinajstić information content (AvgIpc) is 2.89. The van der Waals surface area contributed by atoms with E-state index in [4.69, 9.17) is 4.74 Å². The molecule has 0 saturated carbocycles. The summed E-state index contributed by atoms with van der Waals surface area (Å²) in [6.07, 6.45) is 0.1000. The second-order valence-corrected chi connectivity index (χ2v) is 7.43. The van der Waals surface area contributed by atoms with Crippen LogP contribution in [-0.2, 0) is 5.41 Å². The number of fused-ring (bicyclic) bond motifs is 1. The fourth-order valence-electron chi connectivity index (χ4n) is 2.53. The Morgan fingerprint density at radius 2 is 2.00 bits per heavy atom. The molecule has 2 aromatic rings. The average molecular weight is 287 g/mol. The van der Waals surface area contributed by atoms with E-state index in [-0.39, 0.29) is 17.6 Å². The summed E-state index contributed by atoms with van der Waals surface area (Å²) in [5, 5.41) is 5.69. The fourth-order valence-corrected chi connectivity index (χ4v) is 3.39. The molecule has 0 spiro atoms. The molecule has 2 nitrogen and oxygen atoms in total. The van der Waals surface area contributed by atoms with Gasteiger partial charge >= 0.3 is 0 Å². The zero-order valence-corrected chi connectivity index (χ0v) is 13.3. The molecule has 0 fully saturated rings. The van der Waals surface area contributed by atoms with Gasteiger partial charge in [-0.3, -0.25) is 0 Å². The number of rotatable bonds is 1. The molecule has 1 aromatic heterocycles. The van der Waals surface area contributed by atoms with Gasteiger partial charge in [0.05, 0.1) is 11.7 Å². The minimum Gasteiger partial charge on any atom is -0.481 e. The Balaban J connectivity index is 1.93. The van der Waals surface area contributed by atoms with Gasteiger partial charge < -0.3 is 10.1 Å². The summed E-state index contributed by atoms with van der Waals surface area (Å²) in [5.74, 6) is 0.953. The summed E-state index contributed by atoms with van der Waals surface area (Å²) in [6.45, 7) is 8.87. The monoisotopic (exact) mass is 287 g/mol. The number of nitrogens with one attached hydrogen (secondary N) is 1. The van der Waals surface area contributed by atoms with Crippen LogP contribution in [0.2, 0.25) is 0 Å². The van der Waals surface area contributed by atoms with Crippen molar-refractivity contribution in [3.63, 3.8) is 0 Å². The van der Waals surface area contributed by atoms with Gasteiger partial charge in [-0.1, -0.05) is 32.9 Å². The van der Waals surface area contributed by atoms with E-state index in [1.807, 2.05) is 0 Å². The molecule has 20 heavy (non-hydrogen) atoms. The Morgan fingerprint density at radius 3 is 2.65 bits per heavy atom. The smallest absolute Gasteiger partial charge is 0.153 e. The molecule has 3 heteroatoms. The molecule has 1 N–H and O–H groups in total. The van der Waals surface area contributed by atoms with Crippen molar-refractivity contribution in [1.82, 2.24) is 0 Å². The molecule has 0 amide bonds. The molecule has 2 heterocycles. The topological polar surface area (TPSA) is 21.3 Å². The Hall–Kier alpha value is -1.48. The van der Waals surface area contributed by atoms with Crippen molar-refractivity contribution in [2.24, 2.45) is 0 Å². The van der Waals surface area contributed by atoms with E-state index in [9.17, 15) is 0 Å². The van der Waals surface area contributed by atoms with Gasteiger partial charge in [-0.15, -0.1) is 11.3 Å². The van der Waals surface area contributed by atoms with Crippen LogP contribution in [0.3, 0.4) is 0 Å². The van der Waals surface area contributed by atoms with Crippen LogP contribution in [0.15, 0.2) is 35.7 Å². The third-order valence-electron chi connectivity index (χ3n) is 3.76. The van der Waals surface area contributed by atoms with Gasteiger partial charge in [-0.25, -0.2) is 0 Å². The first-order valence-corrected chi connectivity index (χ1v) is 7.94. The first kappa shape index (κ1) is 13.5. The van der Waals surface area contributed by atoms with E-state index in [2.05, 4.69) is 68.7 Å². The van der Waals surface area contributed by atoms with Crippen LogP contribution in [-0.4, -0.2) is 6.04 Å². The number of hydrogen-bond acceptors (Lipinski definition) is 3. The maximum absolute atomic E-state index is 6.20. The molecular formula is C17H21NOS. The van der Waals surface area contributed by atoms with E-state index in [0.717, 1.165) is 11.4 Å². The Kier molecular flexibility index (Phi) is 3.25. The highest BCUT2D eigenvalue weighted by Gasteiger charge is 2.29. The lowest BCUT2D eigenvalue weighted by atomic mass is 9.86. The summed E-state index contributed by atoms with van der Waals surface area (Å²) in [4.78, 5) is 1.27. The Morgan fingerprint density at radius 1 is 1.20 bits per heavy atom. The Labute approximate surface area is 124 Å². The zero-order valence-electron chi connectivity index (χ0n) is 12.4. The molecule has 106 valence electrons. The fraction of sp³-hybridized carbons (Fsp3) is 0.412. The number of thiophene rings is 1. The molecule has 0 bridgehead atoms. The second-order valence-electron chi connectivity index (χ2n) is 6.45. The summed E-state index contributed by atoms with van der Waals surface area (Å²) in [6, 6.07) is 11.0. The number of benzene rings is 1. The van der Waals surface area contributed by atoms with Crippen LogP contribution >= 0.6 is 11.3 Å². The third kappa shape index (κ3) is 2.42. The normalized spacial score (nSPS) is 21.8. The molecule has 2 atom stereocenters. The lowest BCUT2D eigenvalue weighted by Gasteiger charge is -2.33. The van der Waals surface area contributed by atoms with Crippen molar-refractivity contribution >= 4 is 17.0 Å². The van der Waals surface area contributed by atoms with Gasteiger partial charge in [0.1, 0.15) is 5.75 Å². The van der Waals surface area contributed by atoms with Crippen molar-refractivity contribution in [3.8, 4) is 5.75 Å². The highest BCUT2D eigenvalue weighted by Crippen LogP contribution is 2.40. The molecule has 0 aliphatic carbocycles. The van der Waals surface area contributed by atoms with Crippen LogP contribution in [0.1, 0.15) is 44.2 Å². The van der Waals surface area contributed by atoms with E-state index in [1.165, 1.54) is 10.4 Å². The standard InChI is InChI=1S/C17H21NOS/c1-11-16(15-6-5-9-20-15)19-14-8-7-12(17(2,3)4)10-13(14)18-11/h5-11,16,18H,1-4H3. The van der Waals surface area contributed by atoms with E-state index >= 15 is 0 Å². The van der Waals surface area contributed by atoms with E-state index in [1.54, 1.807) is 11.3 Å². The van der Waals surface area contributed by atoms with Crippen molar-refractivity contribution in [1.29, 1.82) is 0 Å². The first-order valence-electron chi connectivity index (χ1n) is 7.06. The lowest BCUT2D eigenvalue weighted by Crippen LogP contribution is -2.32. The maximum Gasteiger partial charge on any atom is 0.153 e. The summed E-state index contributed by atoms with van der Waals surface area (Å²) >= 11 is 1.75. The molecule has 1 aliphatic heterocycles. The van der Waals surface area contributed by atoms with Crippen LogP contribution in [0.5, 0.6) is 5.75 Å². The molecule has 0 radical (unpaired) electrons. The van der Waals surface area contributed by atoms with Crippen LogP contribution in [0.4, 0.5) is 5.69 Å². The quantitative estimate of drug-likeness (QED) is 0.798. The molecule has 3 rings (SSSR count). The van der Waals surface area contributed by atoms with Crippen molar-refractivity contribution in [2.75, 3.05) is 5.32 Å². The lowest BCUT2D eigenvalue weighted by molar-refractivity contribution is 0.181. The summed E-state index contributed by atoms with van der Waals surface area (Å²) in [5.41, 5.74) is 2.59. The van der Waals surface area contributed by atoms with Gasteiger partial charge in [0.2, 0.25) is 0 Å². The predicted octanol–water partition coefficient (Wildman–Crippen LogP) is 4.98. The Bertz CT molecular complexity index is 598. The molecule has 2 unspecified atom stereocenters. The van der Waals surface area contributed by atoms with Crippen LogP contribution in [0.25, 0.3) is 0 Å². The number of ether oxygens (including phenoxy) is 1. The maximum atomic E-state index is 6.20. The summed E-state index contributed by atoms with van der Waals surface area (Å²) in [7, 11) is 0. The van der Waals surface area contributed by atoms with E-state index < -0.39 is 0 Å². The van der Waals surface area contributed by atoms with Gasteiger partial charge in [0.15, 0.2) is 6.10 Å². The molecule has 1 aromatic carbocycles. The van der Waals surface area contributed by atoms with Crippen molar-refractivity contribution in [3.05, 3.63) is 46.2 Å². The first-order chi connectivity index (χ1) is 9.45. The van der Waals surface area contributed by atoms with E-state index in [0.29, 0.717) is 0 Å².